The van der Waals surface area contributed by atoms with Gasteiger partial charge in [0.2, 0.25) is 0 Å². The number of hydrogen-bond acceptors (Lipinski definition) is 2. The van der Waals surface area contributed by atoms with E-state index in [-0.39, 0.29) is 0 Å². The maximum Gasteiger partial charge on any atom is 0.000802 e. The SMILES string of the molecule is CC(C)CC1(CNCC2CCCC2CN)CCCC1. The van der Waals surface area contributed by atoms with Crippen molar-refractivity contribution in [3.8, 4) is 0 Å². The van der Waals surface area contributed by atoms with Crippen molar-refractivity contribution < 1.29 is 0 Å². The number of nitrogens with two attached hydrogens (primary N) is 1. The average molecular weight is 266 g/mol. The maximum atomic E-state index is 5.88. The summed E-state index contributed by atoms with van der Waals surface area (Å²) in [5, 5.41) is 3.82. The van der Waals surface area contributed by atoms with Gasteiger partial charge in [-0.05, 0) is 68.4 Å². The zero-order valence-electron chi connectivity index (χ0n) is 13.1. The Bertz CT molecular complexity index is 256. The summed E-state index contributed by atoms with van der Waals surface area (Å²) in [6.45, 7) is 8.10. The topological polar surface area (TPSA) is 38.0 Å². The molecule has 2 unspecified atom stereocenters. The summed E-state index contributed by atoms with van der Waals surface area (Å²) < 4.78 is 0. The molecule has 2 atom stereocenters. The second kappa shape index (κ2) is 7.08. The quantitative estimate of drug-likeness (QED) is 0.739. The van der Waals surface area contributed by atoms with Crippen LogP contribution in [0, 0.1) is 23.2 Å². The van der Waals surface area contributed by atoms with Gasteiger partial charge in [0.1, 0.15) is 0 Å². The van der Waals surface area contributed by atoms with Gasteiger partial charge < -0.3 is 11.1 Å². The summed E-state index contributed by atoms with van der Waals surface area (Å²) in [6.07, 6.45) is 11.3. The van der Waals surface area contributed by atoms with Crippen LogP contribution >= 0.6 is 0 Å². The molecule has 0 radical (unpaired) electrons. The predicted octanol–water partition coefficient (Wildman–Crippen LogP) is 3.56. The molecule has 0 saturated heterocycles. The highest BCUT2D eigenvalue weighted by Crippen LogP contribution is 2.42. The van der Waals surface area contributed by atoms with Gasteiger partial charge in [-0.2, -0.15) is 0 Å². The Balaban J connectivity index is 1.76. The fourth-order valence-electron chi connectivity index (χ4n) is 4.66. The van der Waals surface area contributed by atoms with Gasteiger partial charge >= 0.3 is 0 Å². The molecule has 112 valence electrons. The minimum Gasteiger partial charge on any atom is -0.330 e. The Labute approximate surface area is 119 Å². The molecule has 0 spiro atoms. The zero-order chi connectivity index (χ0) is 13.7. The highest BCUT2D eigenvalue weighted by atomic mass is 14.9. The first-order valence-corrected chi connectivity index (χ1v) is 8.56. The van der Waals surface area contributed by atoms with E-state index in [4.69, 9.17) is 5.73 Å². The van der Waals surface area contributed by atoms with Crippen LogP contribution < -0.4 is 11.1 Å². The second-order valence-electron chi connectivity index (χ2n) is 7.62. The van der Waals surface area contributed by atoms with Crippen molar-refractivity contribution in [2.75, 3.05) is 19.6 Å². The van der Waals surface area contributed by atoms with E-state index >= 15 is 0 Å². The van der Waals surface area contributed by atoms with E-state index in [0.717, 1.165) is 24.3 Å². The van der Waals surface area contributed by atoms with E-state index < -0.39 is 0 Å². The third-order valence-corrected chi connectivity index (χ3v) is 5.53. The van der Waals surface area contributed by atoms with Gasteiger partial charge in [0, 0.05) is 6.54 Å². The van der Waals surface area contributed by atoms with Crippen molar-refractivity contribution in [3.63, 3.8) is 0 Å². The van der Waals surface area contributed by atoms with Gasteiger partial charge in [0.25, 0.3) is 0 Å². The van der Waals surface area contributed by atoms with Crippen LogP contribution in [0.5, 0.6) is 0 Å². The number of rotatable bonds is 7. The fraction of sp³-hybridized carbons (Fsp3) is 1.00. The minimum absolute atomic E-state index is 0.616. The molecule has 0 aliphatic heterocycles. The largest absolute Gasteiger partial charge is 0.330 e. The van der Waals surface area contributed by atoms with Crippen LogP contribution in [0.25, 0.3) is 0 Å². The first-order chi connectivity index (χ1) is 9.15. The molecule has 0 bridgehead atoms. The lowest BCUT2D eigenvalue weighted by atomic mass is 9.78. The molecular weight excluding hydrogens is 232 g/mol. The first-order valence-electron chi connectivity index (χ1n) is 8.56. The normalized spacial score (nSPS) is 30.3. The smallest absolute Gasteiger partial charge is 0.000802 e. The van der Waals surface area contributed by atoms with Crippen LogP contribution in [0.2, 0.25) is 0 Å². The van der Waals surface area contributed by atoms with Crippen molar-refractivity contribution in [2.24, 2.45) is 28.9 Å². The van der Waals surface area contributed by atoms with Crippen LogP contribution in [0.1, 0.15) is 65.2 Å². The Kier molecular flexibility index (Phi) is 5.70. The summed E-state index contributed by atoms with van der Waals surface area (Å²) in [5.74, 6) is 2.47. The summed E-state index contributed by atoms with van der Waals surface area (Å²) in [6, 6.07) is 0. The molecule has 2 heteroatoms. The standard InChI is InChI=1S/C17H34N2/c1-14(2)10-17(8-3-4-9-17)13-19-12-16-7-5-6-15(16)11-18/h14-16,19H,3-13,18H2,1-2H3. The Morgan fingerprint density at radius 1 is 1.11 bits per heavy atom. The molecule has 2 aliphatic rings. The lowest BCUT2D eigenvalue weighted by Gasteiger charge is -2.32. The summed E-state index contributed by atoms with van der Waals surface area (Å²) >= 11 is 0. The highest BCUT2D eigenvalue weighted by molar-refractivity contribution is 4.88. The fourth-order valence-corrected chi connectivity index (χ4v) is 4.66. The van der Waals surface area contributed by atoms with E-state index in [2.05, 4.69) is 19.2 Å². The molecule has 2 aliphatic carbocycles. The number of nitrogens with one attached hydrogen (secondary N) is 1. The van der Waals surface area contributed by atoms with Crippen LogP contribution in [-0.2, 0) is 0 Å². The van der Waals surface area contributed by atoms with Crippen molar-refractivity contribution in [3.05, 3.63) is 0 Å². The molecular formula is C17H34N2. The lowest BCUT2D eigenvalue weighted by molar-refractivity contribution is 0.216. The number of hydrogen-bond donors (Lipinski definition) is 2. The molecule has 2 rings (SSSR count). The van der Waals surface area contributed by atoms with Crippen molar-refractivity contribution >= 4 is 0 Å². The summed E-state index contributed by atoms with van der Waals surface area (Å²) in [4.78, 5) is 0. The molecule has 0 heterocycles. The Morgan fingerprint density at radius 3 is 2.42 bits per heavy atom. The third kappa shape index (κ3) is 4.19. The van der Waals surface area contributed by atoms with E-state index in [1.165, 1.54) is 64.5 Å². The average Bonchev–Trinajstić information content (AvgIpc) is 2.98. The third-order valence-electron chi connectivity index (χ3n) is 5.53. The predicted molar refractivity (Wildman–Crippen MR) is 83.1 cm³/mol. The van der Waals surface area contributed by atoms with Crippen molar-refractivity contribution in [2.45, 2.75) is 65.2 Å². The van der Waals surface area contributed by atoms with E-state index in [1.54, 1.807) is 0 Å². The van der Waals surface area contributed by atoms with Crippen molar-refractivity contribution in [1.82, 2.24) is 5.32 Å². The molecule has 2 fully saturated rings. The van der Waals surface area contributed by atoms with Crippen LogP contribution in [-0.4, -0.2) is 19.6 Å². The Hall–Kier alpha value is -0.0800. The van der Waals surface area contributed by atoms with E-state index in [9.17, 15) is 0 Å². The van der Waals surface area contributed by atoms with Gasteiger partial charge in [-0.25, -0.2) is 0 Å². The van der Waals surface area contributed by atoms with Gasteiger partial charge in [-0.1, -0.05) is 33.1 Å². The van der Waals surface area contributed by atoms with Crippen LogP contribution in [0.15, 0.2) is 0 Å². The molecule has 0 aromatic rings. The van der Waals surface area contributed by atoms with Gasteiger partial charge in [-0.15, -0.1) is 0 Å². The molecule has 2 saturated carbocycles. The van der Waals surface area contributed by atoms with E-state index in [0.29, 0.717) is 5.41 Å². The van der Waals surface area contributed by atoms with Gasteiger partial charge in [0.05, 0.1) is 0 Å². The van der Waals surface area contributed by atoms with Crippen LogP contribution in [0.3, 0.4) is 0 Å². The maximum absolute atomic E-state index is 5.88. The second-order valence-corrected chi connectivity index (χ2v) is 7.62. The van der Waals surface area contributed by atoms with Crippen molar-refractivity contribution in [1.29, 1.82) is 0 Å². The summed E-state index contributed by atoms with van der Waals surface area (Å²) in [7, 11) is 0. The first kappa shape index (κ1) is 15.3. The zero-order valence-corrected chi connectivity index (χ0v) is 13.1. The molecule has 0 amide bonds. The Morgan fingerprint density at radius 2 is 1.79 bits per heavy atom. The molecule has 19 heavy (non-hydrogen) atoms. The van der Waals surface area contributed by atoms with Gasteiger partial charge in [-0.3, -0.25) is 0 Å². The van der Waals surface area contributed by atoms with Gasteiger partial charge in [0.15, 0.2) is 0 Å². The highest BCUT2D eigenvalue weighted by Gasteiger charge is 2.34. The van der Waals surface area contributed by atoms with Crippen LogP contribution in [0.4, 0.5) is 0 Å². The molecule has 2 nitrogen and oxygen atoms in total. The summed E-state index contributed by atoms with van der Waals surface area (Å²) in [5.41, 5.74) is 6.50. The van der Waals surface area contributed by atoms with E-state index in [1.807, 2.05) is 0 Å². The molecule has 3 N–H and O–H groups in total. The lowest BCUT2D eigenvalue weighted by Crippen LogP contribution is -2.37. The minimum atomic E-state index is 0.616. The monoisotopic (exact) mass is 266 g/mol. The molecule has 0 aromatic carbocycles. The molecule has 0 aromatic heterocycles.